The molecule has 27 heavy (non-hydrogen) atoms. The van der Waals surface area contributed by atoms with Crippen LogP contribution in [0.5, 0.6) is 0 Å². The van der Waals surface area contributed by atoms with Gasteiger partial charge in [0.1, 0.15) is 5.15 Å². The zero-order chi connectivity index (χ0) is 20.1. The maximum atomic E-state index is 13.1. The second-order valence-electron chi connectivity index (χ2n) is 6.47. The predicted molar refractivity (Wildman–Crippen MR) is 97.5 cm³/mol. The fourth-order valence-electron chi connectivity index (χ4n) is 3.27. The molecule has 0 saturated heterocycles. The number of pyridine rings is 1. The second kappa shape index (κ2) is 6.84. The van der Waals surface area contributed by atoms with Crippen molar-refractivity contribution in [2.24, 2.45) is 0 Å². The predicted octanol–water partition coefficient (Wildman–Crippen LogP) is 6.16. The molecule has 3 nitrogen and oxygen atoms in total. The fourth-order valence-corrected chi connectivity index (χ4v) is 3.82. The van der Waals surface area contributed by atoms with Crippen LogP contribution in [0.2, 0.25) is 10.2 Å². The molecule has 2 aromatic rings. The Morgan fingerprint density at radius 1 is 1.30 bits per heavy atom. The number of aryl methyl sites for hydroxylation is 1. The Kier molecular flexibility index (Phi) is 4.99. The van der Waals surface area contributed by atoms with Gasteiger partial charge in [-0.2, -0.15) is 13.2 Å². The molecule has 8 heteroatoms. The summed E-state index contributed by atoms with van der Waals surface area (Å²) in [7, 11) is 0. The molecular formula is C19H14Cl2F3NO2. The topological polar surface area (TPSA) is 50.2 Å². The second-order valence-corrected chi connectivity index (χ2v) is 7.21. The lowest BCUT2D eigenvalue weighted by Crippen LogP contribution is -2.08. The molecule has 3 rings (SSSR count). The van der Waals surface area contributed by atoms with Gasteiger partial charge in [0.05, 0.1) is 16.1 Å². The lowest BCUT2D eigenvalue weighted by atomic mass is 9.91. The number of fused-ring (bicyclic) bond motifs is 1. The van der Waals surface area contributed by atoms with Crippen LogP contribution in [-0.2, 0) is 12.6 Å². The number of allylic oxidation sites excluding steroid dienone is 1. The SMILES string of the molecule is Cc1cc(C(F)(F)F)cc2c1C=C(Cc1c(Cl)ncc(C(=O)O)c1Cl)C2C. The van der Waals surface area contributed by atoms with Gasteiger partial charge in [-0.1, -0.05) is 41.8 Å². The molecule has 1 heterocycles. The Labute approximate surface area is 163 Å². The number of hydrogen-bond donors (Lipinski definition) is 1. The number of carboxylic acid groups (broad SMARTS) is 1. The van der Waals surface area contributed by atoms with E-state index < -0.39 is 17.7 Å². The normalized spacial score (nSPS) is 16.3. The minimum atomic E-state index is -4.42. The molecule has 1 atom stereocenters. The highest BCUT2D eigenvalue weighted by atomic mass is 35.5. The van der Waals surface area contributed by atoms with Gasteiger partial charge in [-0.3, -0.25) is 0 Å². The molecule has 1 N–H and O–H groups in total. The smallest absolute Gasteiger partial charge is 0.416 e. The van der Waals surface area contributed by atoms with E-state index in [0.29, 0.717) is 16.7 Å². The molecule has 1 aromatic carbocycles. The molecule has 1 aromatic heterocycles. The van der Waals surface area contributed by atoms with Gasteiger partial charge in [0.25, 0.3) is 0 Å². The minimum Gasteiger partial charge on any atom is -0.478 e. The quantitative estimate of drug-likeness (QED) is 0.610. The summed E-state index contributed by atoms with van der Waals surface area (Å²) in [5.74, 6) is -1.52. The third-order valence-electron chi connectivity index (χ3n) is 4.77. The lowest BCUT2D eigenvalue weighted by Gasteiger charge is -2.16. The van der Waals surface area contributed by atoms with E-state index in [4.69, 9.17) is 23.2 Å². The summed E-state index contributed by atoms with van der Waals surface area (Å²) in [6.45, 7) is 3.43. The van der Waals surface area contributed by atoms with Gasteiger partial charge < -0.3 is 5.11 Å². The van der Waals surface area contributed by atoms with Crippen molar-refractivity contribution in [3.05, 3.63) is 67.5 Å². The number of nitrogens with zero attached hydrogens (tertiary/aromatic N) is 1. The summed E-state index contributed by atoms with van der Waals surface area (Å²) in [4.78, 5) is 15.1. The first kappa shape index (κ1) is 19.7. The van der Waals surface area contributed by atoms with Crippen LogP contribution in [0.4, 0.5) is 13.2 Å². The number of aromatic carboxylic acids is 1. The van der Waals surface area contributed by atoms with E-state index in [1.807, 2.05) is 6.08 Å². The zero-order valence-electron chi connectivity index (χ0n) is 14.3. The van der Waals surface area contributed by atoms with Crippen molar-refractivity contribution in [1.82, 2.24) is 4.98 Å². The average molecular weight is 416 g/mol. The van der Waals surface area contributed by atoms with Crippen molar-refractivity contribution in [3.63, 3.8) is 0 Å². The van der Waals surface area contributed by atoms with E-state index in [9.17, 15) is 23.1 Å². The standard InChI is InChI=1S/C19H14Cl2F3NO2/c1-8-3-11(19(22,23)24)6-13-9(2)10(4-12(8)13)5-14-16(20)15(18(26)27)7-25-17(14)21/h3-4,6-7,9H,5H2,1-2H3,(H,26,27). The van der Waals surface area contributed by atoms with Gasteiger partial charge in [0.15, 0.2) is 0 Å². The number of halogens is 5. The molecule has 1 unspecified atom stereocenters. The third-order valence-corrected chi connectivity index (χ3v) is 5.52. The first-order valence-corrected chi connectivity index (χ1v) is 8.74. The maximum absolute atomic E-state index is 13.1. The van der Waals surface area contributed by atoms with Gasteiger partial charge in [-0.15, -0.1) is 0 Å². The number of carboxylic acids is 1. The van der Waals surface area contributed by atoms with Crippen LogP contribution in [0, 0.1) is 6.92 Å². The summed E-state index contributed by atoms with van der Waals surface area (Å²) in [5.41, 5.74) is 2.11. The zero-order valence-corrected chi connectivity index (χ0v) is 15.8. The van der Waals surface area contributed by atoms with E-state index in [1.54, 1.807) is 13.8 Å². The summed E-state index contributed by atoms with van der Waals surface area (Å²) < 4.78 is 39.4. The van der Waals surface area contributed by atoms with Gasteiger partial charge in [-0.05, 0) is 42.2 Å². The van der Waals surface area contributed by atoms with Crippen molar-refractivity contribution in [3.8, 4) is 0 Å². The highest BCUT2D eigenvalue weighted by Gasteiger charge is 2.34. The molecule has 142 valence electrons. The molecule has 1 aliphatic carbocycles. The van der Waals surface area contributed by atoms with Crippen molar-refractivity contribution in [1.29, 1.82) is 0 Å². The summed E-state index contributed by atoms with van der Waals surface area (Å²) in [6.07, 6.45) is -1.33. The highest BCUT2D eigenvalue weighted by molar-refractivity contribution is 6.37. The van der Waals surface area contributed by atoms with Gasteiger partial charge in [0.2, 0.25) is 0 Å². The van der Waals surface area contributed by atoms with E-state index in [2.05, 4.69) is 4.98 Å². The number of benzene rings is 1. The van der Waals surface area contributed by atoms with Gasteiger partial charge in [-0.25, -0.2) is 9.78 Å². The minimum absolute atomic E-state index is 0.0146. The Bertz CT molecular complexity index is 984. The van der Waals surface area contributed by atoms with Crippen LogP contribution in [0.3, 0.4) is 0 Å². The van der Waals surface area contributed by atoms with E-state index in [-0.39, 0.29) is 28.1 Å². The van der Waals surface area contributed by atoms with Crippen LogP contribution >= 0.6 is 23.2 Å². The van der Waals surface area contributed by atoms with Crippen LogP contribution < -0.4 is 0 Å². The van der Waals surface area contributed by atoms with Crippen LogP contribution in [-0.4, -0.2) is 16.1 Å². The van der Waals surface area contributed by atoms with Gasteiger partial charge in [0, 0.05) is 17.7 Å². The largest absolute Gasteiger partial charge is 0.478 e. The van der Waals surface area contributed by atoms with E-state index >= 15 is 0 Å². The molecule has 1 aliphatic rings. The molecule has 0 spiro atoms. The number of hydrogen-bond acceptors (Lipinski definition) is 2. The van der Waals surface area contributed by atoms with Crippen molar-refractivity contribution in [2.45, 2.75) is 32.4 Å². The summed E-state index contributed by atoms with van der Waals surface area (Å²) in [6, 6.07) is 2.28. The molecule has 0 bridgehead atoms. The first-order valence-electron chi connectivity index (χ1n) is 7.99. The molecule has 0 radical (unpaired) electrons. The van der Waals surface area contributed by atoms with E-state index in [1.165, 1.54) is 0 Å². The molecule has 0 fully saturated rings. The first-order chi connectivity index (χ1) is 12.5. The maximum Gasteiger partial charge on any atom is 0.416 e. The average Bonchev–Trinajstić information content (AvgIpc) is 2.87. The monoisotopic (exact) mass is 415 g/mol. The number of carbonyl (C=O) groups is 1. The number of alkyl halides is 3. The summed E-state index contributed by atoms with van der Waals surface area (Å²) in [5, 5.41) is 9.25. The molecule has 0 saturated carbocycles. The molecule has 0 aliphatic heterocycles. The van der Waals surface area contributed by atoms with Crippen LogP contribution in [0.15, 0.2) is 23.9 Å². The Hall–Kier alpha value is -2.05. The molecule has 0 amide bonds. The van der Waals surface area contributed by atoms with Crippen LogP contribution in [0.25, 0.3) is 6.08 Å². The van der Waals surface area contributed by atoms with Crippen LogP contribution in [0.1, 0.15) is 51.0 Å². The lowest BCUT2D eigenvalue weighted by molar-refractivity contribution is -0.137. The van der Waals surface area contributed by atoms with Crippen molar-refractivity contribution in [2.75, 3.05) is 0 Å². The summed E-state index contributed by atoms with van der Waals surface area (Å²) >= 11 is 12.3. The van der Waals surface area contributed by atoms with Crippen molar-refractivity contribution < 1.29 is 23.1 Å². The highest BCUT2D eigenvalue weighted by Crippen LogP contribution is 2.43. The number of rotatable bonds is 3. The molecular weight excluding hydrogens is 402 g/mol. The Morgan fingerprint density at radius 3 is 2.56 bits per heavy atom. The Balaban J connectivity index is 2.02. The Morgan fingerprint density at radius 2 is 1.96 bits per heavy atom. The fraction of sp³-hybridized carbons (Fsp3) is 0.263. The third kappa shape index (κ3) is 3.56. The number of aromatic nitrogens is 1. The van der Waals surface area contributed by atoms with E-state index in [0.717, 1.165) is 29.5 Å². The van der Waals surface area contributed by atoms with Gasteiger partial charge >= 0.3 is 12.1 Å². The van der Waals surface area contributed by atoms with Crippen molar-refractivity contribution >= 4 is 35.2 Å².